The lowest BCUT2D eigenvalue weighted by atomic mass is 10.2. The third-order valence-corrected chi connectivity index (χ3v) is 3.44. The van der Waals surface area contributed by atoms with Crippen LogP contribution in [-0.4, -0.2) is 33.2 Å². The molecule has 0 aliphatic carbocycles. The Morgan fingerprint density at radius 3 is 2.61 bits per heavy atom. The number of carbonyl (C=O) groups excluding carboxylic acids is 1. The van der Waals surface area contributed by atoms with E-state index in [0.29, 0.717) is 11.3 Å². The van der Waals surface area contributed by atoms with E-state index < -0.39 is 17.2 Å². The standard InChI is InChI=1S/C15H20N4O4/c1-8(2)17-10(20)7-19-14(21)11-12(23-5)9(3)6-16-13(11)18(4)15(19)22/h6,8H,7H2,1-5H3,(H,17,20). The monoisotopic (exact) mass is 320 g/mol. The van der Waals surface area contributed by atoms with Crippen LogP contribution in [0.15, 0.2) is 15.8 Å². The minimum absolute atomic E-state index is 0.0824. The second kappa shape index (κ2) is 6.23. The maximum atomic E-state index is 12.7. The second-order valence-corrected chi connectivity index (χ2v) is 5.63. The molecule has 0 aliphatic heterocycles. The maximum absolute atomic E-state index is 12.7. The van der Waals surface area contributed by atoms with E-state index in [2.05, 4.69) is 10.3 Å². The van der Waals surface area contributed by atoms with Crippen LogP contribution in [0.25, 0.3) is 11.0 Å². The topological polar surface area (TPSA) is 95.2 Å². The zero-order valence-corrected chi connectivity index (χ0v) is 13.8. The van der Waals surface area contributed by atoms with Gasteiger partial charge in [0, 0.05) is 24.8 Å². The van der Waals surface area contributed by atoms with Gasteiger partial charge in [0.25, 0.3) is 5.56 Å². The van der Waals surface area contributed by atoms with Crippen molar-refractivity contribution < 1.29 is 9.53 Å². The molecule has 1 amide bonds. The van der Waals surface area contributed by atoms with Crippen molar-refractivity contribution in [2.45, 2.75) is 33.4 Å². The number of rotatable bonds is 4. The zero-order chi connectivity index (χ0) is 17.3. The molecule has 1 N–H and O–H groups in total. The molecule has 23 heavy (non-hydrogen) atoms. The molecule has 0 fully saturated rings. The average Bonchev–Trinajstić information content (AvgIpc) is 2.48. The number of fused-ring (bicyclic) bond motifs is 1. The summed E-state index contributed by atoms with van der Waals surface area (Å²) < 4.78 is 7.42. The van der Waals surface area contributed by atoms with Crippen molar-refractivity contribution in [3.63, 3.8) is 0 Å². The van der Waals surface area contributed by atoms with Crippen LogP contribution in [0, 0.1) is 6.92 Å². The highest BCUT2D eigenvalue weighted by atomic mass is 16.5. The quantitative estimate of drug-likeness (QED) is 0.851. The van der Waals surface area contributed by atoms with Crippen LogP contribution >= 0.6 is 0 Å². The third kappa shape index (κ3) is 2.96. The van der Waals surface area contributed by atoms with Gasteiger partial charge < -0.3 is 10.1 Å². The molecule has 0 aromatic carbocycles. The number of hydrogen-bond acceptors (Lipinski definition) is 5. The van der Waals surface area contributed by atoms with Crippen molar-refractivity contribution >= 4 is 16.9 Å². The number of nitrogens with one attached hydrogen (secondary N) is 1. The van der Waals surface area contributed by atoms with Crippen molar-refractivity contribution in [3.8, 4) is 5.75 Å². The van der Waals surface area contributed by atoms with E-state index in [4.69, 9.17) is 4.74 Å². The Balaban J connectivity index is 2.74. The molecule has 0 unspecified atom stereocenters. The van der Waals surface area contributed by atoms with E-state index in [1.807, 2.05) is 0 Å². The van der Waals surface area contributed by atoms with E-state index in [1.165, 1.54) is 24.9 Å². The van der Waals surface area contributed by atoms with Crippen molar-refractivity contribution in [1.29, 1.82) is 0 Å². The molecule has 124 valence electrons. The minimum Gasteiger partial charge on any atom is -0.495 e. The predicted octanol–water partition coefficient (Wildman–Crippen LogP) is -0.0632. The molecule has 0 aliphatic rings. The predicted molar refractivity (Wildman–Crippen MR) is 85.8 cm³/mol. The lowest BCUT2D eigenvalue weighted by Crippen LogP contribution is -2.44. The van der Waals surface area contributed by atoms with Gasteiger partial charge in [-0.1, -0.05) is 0 Å². The summed E-state index contributed by atoms with van der Waals surface area (Å²) in [5.41, 5.74) is -0.285. The Kier molecular flexibility index (Phi) is 4.53. The van der Waals surface area contributed by atoms with Gasteiger partial charge in [-0.2, -0.15) is 0 Å². The molecule has 0 saturated carbocycles. The Hall–Kier alpha value is -2.64. The summed E-state index contributed by atoms with van der Waals surface area (Å²) in [6.45, 7) is 5.01. The number of carbonyl (C=O) groups is 1. The molecule has 2 rings (SSSR count). The van der Waals surface area contributed by atoms with E-state index in [9.17, 15) is 14.4 Å². The Bertz CT molecular complexity index is 880. The SMILES string of the molecule is COc1c(C)cnc2c1c(=O)n(CC(=O)NC(C)C)c(=O)n2C. The maximum Gasteiger partial charge on any atom is 0.332 e. The van der Waals surface area contributed by atoms with Gasteiger partial charge in [0.2, 0.25) is 5.91 Å². The summed E-state index contributed by atoms with van der Waals surface area (Å²) in [7, 11) is 2.95. The Labute approximate surface area is 132 Å². The van der Waals surface area contributed by atoms with Crippen LogP contribution in [-0.2, 0) is 18.4 Å². The van der Waals surface area contributed by atoms with Crippen LogP contribution in [0.5, 0.6) is 5.75 Å². The van der Waals surface area contributed by atoms with Gasteiger partial charge in [0.15, 0.2) is 5.65 Å². The van der Waals surface area contributed by atoms with Gasteiger partial charge >= 0.3 is 5.69 Å². The Morgan fingerprint density at radius 1 is 1.39 bits per heavy atom. The number of nitrogens with zero attached hydrogens (tertiary/aromatic N) is 3. The van der Waals surface area contributed by atoms with Gasteiger partial charge in [0.1, 0.15) is 17.7 Å². The average molecular weight is 320 g/mol. The number of amides is 1. The molecule has 8 heteroatoms. The molecule has 8 nitrogen and oxygen atoms in total. The fraction of sp³-hybridized carbons (Fsp3) is 0.467. The van der Waals surface area contributed by atoms with Crippen molar-refractivity contribution in [1.82, 2.24) is 19.4 Å². The molecular formula is C15H20N4O4. The van der Waals surface area contributed by atoms with E-state index in [-0.39, 0.29) is 23.6 Å². The Morgan fingerprint density at radius 2 is 2.04 bits per heavy atom. The van der Waals surface area contributed by atoms with Gasteiger partial charge in [-0.3, -0.25) is 14.2 Å². The largest absolute Gasteiger partial charge is 0.495 e. The normalized spacial score (nSPS) is 11.0. The third-order valence-electron chi connectivity index (χ3n) is 3.44. The fourth-order valence-electron chi connectivity index (χ4n) is 2.43. The number of hydrogen-bond donors (Lipinski definition) is 1. The lowest BCUT2D eigenvalue weighted by molar-refractivity contribution is -0.122. The van der Waals surface area contributed by atoms with Crippen LogP contribution < -0.4 is 21.3 Å². The molecule has 2 heterocycles. The summed E-state index contributed by atoms with van der Waals surface area (Å²) in [5, 5.41) is 2.85. The van der Waals surface area contributed by atoms with E-state index in [1.54, 1.807) is 20.8 Å². The number of methoxy groups -OCH3 is 1. The first-order valence-corrected chi connectivity index (χ1v) is 7.20. The van der Waals surface area contributed by atoms with Crippen molar-refractivity contribution in [3.05, 3.63) is 32.6 Å². The number of aromatic nitrogens is 3. The first kappa shape index (κ1) is 16.7. The number of aryl methyl sites for hydroxylation is 2. The van der Waals surface area contributed by atoms with Crippen molar-refractivity contribution in [2.75, 3.05) is 7.11 Å². The van der Waals surface area contributed by atoms with Crippen LogP contribution in [0.2, 0.25) is 0 Å². The first-order valence-electron chi connectivity index (χ1n) is 7.20. The second-order valence-electron chi connectivity index (χ2n) is 5.63. The molecule has 2 aromatic rings. The summed E-state index contributed by atoms with van der Waals surface area (Å²) in [4.78, 5) is 41.2. The molecular weight excluding hydrogens is 300 g/mol. The molecule has 0 radical (unpaired) electrons. The smallest absolute Gasteiger partial charge is 0.332 e. The van der Waals surface area contributed by atoms with Gasteiger partial charge in [-0.25, -0.2) is 14.3 Å². The minimum atomic E-state index is -0.597. The van der Waals surface area contributed by atoms with Crippen molar-refractivity contribution in [2.24, 2.45) is 7.05 Å². The summed E-state index contributed by atoms with van der Waals surface area (Å²) in [6.07, 6.45) is 1.54. The van der Waals surface area contributed by atoms with Gasteiger partial charge in [-0.05, 0) is 20.8 Å². The van der Waals surface area contributed by atoms with E-state index in [0.717, 1.165) is 4.57 Å². The number of ether oxygens (including phenoxy) is 1. The zero-order valence-electron chi connectivity index (χ0n) is 13.8. The number of pyridine rings is 1. The lowest BCUT2D eigenvalue weighted by Gasteiger charge is -2.14. The van der Waals surface area contributed by atoms with E-state index >= 15 is 0 Å². The highest BCUT2D eigenvalue weighted by molar-refractivity contribution is 5.83. The molecule has 0 atom stereocenters. The molecule has 2 aromatic heterocycles. The summed E-state index contributed by atoms with van der Waals surface area (Å²) in [5.74, 6) is -0.0493. The van der Waals surface area contributed by atoms with Crippen LogP contribution in [0.1, 0.15) is 19.4 Å². The first-order chi connectivity index (χ1) is 10.8. The van der Waals surface area contributed by atoms with Crippen LogP contribution in [0.4, 0.5) is 0 Å². The molecule has 0 spiro atoms. The fourth-order valence-corrected chi connectivity index (χ4v) is 2.43. The molecule has 0 saturated heterocycles. The van der Waals surface area contributed by atoms with Gasteiger partial charge in [0.05, 0.1) is 7.11 Å². The summed E-state index contributed by atoms with van der Waals surface area (Å²) >= 11 is 0. The highest BCUT2D eigenvalue weighted by Crippen LogP contribution is 2.23. The van der Waals surface area contributed by atoms with Crippen LogP contribution in [0.3, 0.4) is 0 Å². The highest BCUT2D eigenvalue weighted by Gasteiger charge is 2.19. The van der Waals surface area contributed by atoms with Gasteiger partial charge in [-0.15, -0.1) is 0 Å². The molecule has 0 bridgehead atoms. The summed E-state index contributed by atoms with van der Waals surface area (Å²) in [6, 6.07) is -0.0824.